The summed E-state index contributed by atoms with van der Waals surface area (Å²) >= 11 is 3.68. The first-order valence-corrected chi connectivity index (χ1v) is 11.7. The summed E-state index contributed by atoms with van der Waals surface area (Å²) in [7, 11) is 0. The first-order valence-electron chi connectivity index (χ1n) is 10.9. The third-order valence-corrected chi connectivity index (χ3v) is 6.52. The van der Waals surface area contributed by atoms with Crippen LogP contribution in [0.1, 0.15) is 17.5 Å². The molecule has 2 heterocycles. The average Bonchev–Trinajstić information content (AvgIpc) is 2.76. The van der Waals surface area contributed by atoms with E-state index in [0.717, 1.165) is 65.4 Å². The normalized spacial score (nSPS) is 18.9. The Hall–Kier alpha value is -1.40. The van der Waals surface area contributed by atoms with Gasteiger partial charge < -0.3 is 9.64 Å². The van der Waals surface area contributed by atoms with Gasteiger partial charge in [-0.2, -0.15) is 0 Å². The van der Waals surface area contributed by atoms with E-state index in [0.29, 0.717) is 0 Å². The minimum Gasteiger partial charge on any atom is -0.379 e. The number of rotatable bonds is 7. The fourth-order valence-electron chi connectivity index (χ4n) is 4.37. The van der Waals surface area contributed by atoms with Crippen molar-refractivity contribution in [3.63, 3.8) is 0 Å². The minimum absolute atomic E-state index is 0.884. The Morgan fingerprint density at radius 1 is 0.828 bits per heavy atom. The van der Waals surface area contributed by atoms with Crippen molar-refractivity contribution in [2.75, 3.05) is 63.9 Å². The molecule has 0 spiro atoms. The summed E-state index contributed by atoms with van der Waals surface area (Å²) < 4.78 is 6.65. The number of aryl methyl sites for hydroxylation is 1. The largest absolute Gasteiger partial charge is 0.379 e. The van der Waals surface area contributed by atoms with E-state index in [2.05, 4.69) is 79.2 Å². The Kier molecular flexibility index (Phi) is 7.61. The van der Waals surface area contributed by atoms with Gasteiger partial charge in [-0.05, 0) is 48.7 Å². The zero-order valence-electron chi connectivity index (χ0n) is 17.2. The molecule has 2 saturated heterocycles. The van der Waals surface area contributed by atoms with Crippen LogP contribution < -0.4 is 4.90 Å². The maximum atomic E-state index is 5.47. The molecule has 0 radical (unpaired) electrons. The highest BCUT2D eigenvalue weighted by atomic mass is 79.9. The van der Waals surface area contributed by atoms with Crippen LogP contribution in [-0.4, -0.2) is 68.8 Å². The number of hydrogen-bond donors (Lipinski definition) is 0. The molecule has 156 valence electrons. The van der Waals surface area contributed by atoms with E-state index in [1.54, 1.807) is 0 Å². The maximum Gasteiger partial charge on any atom is 0.0594 e. The summed E-state index contributed by atoms with van der Waals surface area (Å²) in [5.74, 6) is 0. The van der Waals surface area contributed by atoms with E-state index in [1.165, 1.54) is 34.3 Å². The lowest BCUT2D eigenvalue weighted by Crippen LogP contribution is -2.46. The third-order valence-electron chi connectivity index (χ3n) is 6.03. The molecule has 0 amide bonds. The molecule has 0 aliphatic carbocycles. The molecule has 0 bridgehead atoms. The van der Waals surface area contributed by atoms with Gasteiger partial charge in [-0.1, -0.05) is 46.3 Å². The Balaban J connectivity index is 1.32. The highest BCUT2D eigenvalue weighted by Gasteiger charge is 2.19. The minimum atomic E-state index is 0.884. The van der Waals surface area contributed by atoms with E-state index in [9.17, 15) is 0 Å². The lowest BCUT2D eigenvalue weighted by Gasteiger charge is -2.37. The SMILES string of the molecule is Brc1ccc(N2CCN(Cc3ccccc3)CC2)c(CCCN2CCOCC2)c1. The molecule has 2 fully saturated rings. The maximum absolute atomic E-state index is 5.47. The van der Waals surface area contributed by atoms with Crippen molar-refractivity contribution >= 4 is 21.6 Å². The number of nitrogens with zero attached hydrogens (tertiary/aromatic N) is 3. The number of hydrogen-bond acceptors (Lipinski definition) is 4. The fourth-order valence-corrected chi connectivity index (χ4v) is 4.78. The molecule has 0 unspecified atom stereocenters. The predicted molar refractivity (Wildman–Crippen MR) is 124 cm³/mol. The van der Waals surface area contributed by atoms with Crippen molar-refractivity contribution in [2.24, 2.45) is 0 Å². The third kappa shape index (κ3) is 6.05. The second-order valence-electron chi connectivity index (χ2n) is 8.08. The summed E-state index contributed by atoms with van der Waals surface area (Å²) in [6.07, 6.45) is 2.34. The second-order valence-corrected chi connectivity index (χ2v) is 9.00. The number of ether oxygens (including phenoxy) is 1. The molecule has 2 aromatic rings. The van der Waals surface area contributed by atoms with Crippen molar-refractivity contribution in [3.8, 4) is 0 Å². The van der Waals surface area contributed by atoms with E-state index in [-0.39, 0.29) is 0 Å². The predicted octanol–water partition coefficient (Wildman–Crippen LogP) is 4.04. The second kappa shape index (κ2) is 10.6. The summed E-state index contributed by atoms with van der Waals surface area (Å²) in [5.41, 5.74) is 4.31. The van der Waals surface area contributed by atoms with E-state index >= 15 is 0 Å². The average molecular weight is 458 g/mol. The van der Waals surface area contributed by atoms with Crippen LogP contribution in [0.3, 0.4) is 0 Å². The van der Waals surface area contributed by atoms with Crippen molar-refractivity contribution in [1.82, 2.24) is 9.80 Å². The van der Waals surface area contributed by atoms with Crippen LogP contribution in [0, 0.1) is 0 Å². The monoisotopic (exact) mass is 457 g/mol. The Bertz CT molecular complexity index is 756. The summed E-state index contributed by atoms with van der Waals surface area (Å²) in [4.78, 5) is 7.68. The molecule has 29 heavy (non-hydrogen) atoms. The molecule has 2 aliphatic heterocycles. The number of halogens is 1. The standard InChI is InChI=1S/C24H32BrN3O/c25-23-8-9-24(22(19-23)7-4-10-26-15-17-29-18-16-26)28-13-11-27(12-14-28)20-21-5-2-1-3-6-21/h1-3,5-6,8-9,19H,4,7,10-18,20H2. The highest BCUT2D eigenvalue weighted by Crippen LogP contribution is 2.27. The molecule has 0 atom stereocenters. The zero-order valence-corrected chi connectivity index (χ0v) is 18.8. The first-order chi connectivity index (χ1) is 14.3. The molecular weight excluding hydrogens is 426 g/mol. The molecule has 2 aromatic carbocycles. The van der Waals surface area contributed by atoms with Crippen molar-refractivity contribution in [1.29, 1.82) is 0 Å². The van der Waals surface area contributed by atoms with Gasteiger partial charge in [0.15, 0.2) is 0 Å². The quantitative estimate of drug-likeness (QED) is 0.624. The molecule has 2 aliphatic rings. The van der Waals surface area contributed by atoms with E-state index in [1.807, 2.05) is 0 Å². The van der Waals surface area contributed by atoms with Crippen molar-refractivity contribution < 1.29 is 4.74 Å². The van der Waals surface area contributed by atoms with Gasteiger partial charge >= 0.3 is 0 Å². The smallest absolute Gasteiger partial charge is 0.0594 e. The number of anilines is 1. The van der Waals surface area contributed by atoms with E-state index < -0.39 is 0 Å². The van der Waals surface area contributed by atoms with Crippen LogP contribution in [0.2, 0.25) is 0 Å². The van der Waals surface area contributed by atoms with Crippen LogP contribution >= 0.6 is 15.9 Å². The van der Waals surface area contributed by atoms with Crippen LogP contribution in [-0.2, 0) is 17.7 Å². The van der Waals surface area contributed by atoms with Gasteiger partial charge in [-0.15, -0.1) is 0 Å². The first kappa shape index (κ1) is 20.9. The summed E-state index contributed by atoms with van der Waals surface area (Å²) in [6, 6.07) is 17.6. The van der Waals surface area contributed by atoms with Crippen molar-refractivity contribution in [3.05, 3.63) is 64.1 Å². The van der Waals surface area contributed by atoms with Gasteiger partial charge in [0.1, 0.15) is 0 Å². The fraction of sp³-hybridized carbons (Fsp3) is 0.500. The highest BCUT2D eigenvalue weighted by molar-refractivity contribution is 9.10. The van der Waals surface area contributed by atoms with Gasteiger partial charge in [0.25, 0.3) is 0 Å². The number of morpholine rings is 1. The number of piperazine rings is 1. The van der Waals surface area contributed by atoms with Crippen molar-refractivity contribution in [2.45, 2.75) is 19.4 Å². The lowest BCUT2D eigenvalue weighted by molar-refractivity contribution is 0.0375. The van der Waals surface area contributed by atoms with E-state index in [4.69, 9.17) is 4.74 Å². The summed E-state index contributed by atoms with van der Waals surface area (Å²) in [5, 5.41) is 0. The Morgan fingerprint density at radius 3 is 2.34 bits per heavy atom. The Morgan fingerprint density at radius 2 is 1.59 bits per heavy atom. The number of benzene rings is 2. The molecular formula is C24H32BrN3O. The van der Waals surface area contributed by atoms with Crippen LogP contribution in [0.25, 0.3) is 0 Å². The Labute approximate surface area is 183 Å². The van der Waals surface area contributed by atoms with Gasteiger partial charge in [0.2, 0.25) is 0 Å². The molecule has 0 aromatic heterocycles. The van der Waals surface area contributed by atoms with Crippen LogP contribution in [0.5, 0.6) is 0 Å². The lowest BCUT2D eigenvalue weighted by atomic mass is 10.1. The van der Waals surface area contributed by atoms with Crippen LogP contribution in [0.15, 0.2) is 53.0 Å². The molecule has 4 nitrogen and oxygen atoms in total. The van der Waals surface area contributed by atoms with Gasteiger partial charge in [-0.25, -0.2) is 0 Å². The topological polar surface area (TPSA) is 19.0 Å². The van der Waals surface area contributed by atoms with Gasteiger partial charge in [0, 0.05) is 56.0 Å². The van der Waals surface area contributed by atoms with Crippen LogP contribution in [0.4, 0.5) is 5.69 Å². The molecule has 4 rings (SSSR count). The molecule has 0 N–H and O–H groups in total. The molecule has 0 saturated carbocycles. The molecule has 5 heteroatoms. The summed E-state index contributed by atoms with van der Waals surface area (Å²) in [6.45, 7) is 10.6. The van der Waals surface area contributed by atoms with Gasteiger partial charge in [0.05, 0.1) is 13.2 Å². The zero-order chi connectivity index (χ0) is 19.9. The van der Waals surface area contributed by atoms with Gasteiger partial charge in [-0.3, -0.25) is 9.80 Å².